The van der Waals surface area contributed by atoms with E-state index in [9.17, 15) is 4.79 Å². The molecule has 0 saturated heterocycles. The van der Waals surface area contributed by atoms with Crippen molar-refractivity contribution in [1.29, 1.82) is 0 Å². The summed E-state index contributed by atoms with van der Waals surface area (Å²) < 4.78 is 6.85. The van der Waals surface area contributed by atoms with Gasteiger partial charge in [-0.1, -0.05) is 37.3 Å². The maximum atomic E-state index is 13.2. The van der Waals surface area contributed by atoms with Crippen LogP contribution in [0.15, 0.2) is 59.4 Å². The highest BCUT2D eigenvalue weighted by atomic mass is 16.5. The van der Waals surface area contributed by atoms with E-state index in [2.05, 4.69) is 12.2 Å². The first kappa shape index (κ1) is 17.3. The second kappa shape index (κ2) is 8.05. The summed E-state index contributed by atoms with van der Waals surface area (Å²) in [5.74, 6) is 0.730. The van der Waals surface area contributed by atoms with Crippen LogP contribution >= 0.6 is 0 Å². The van der Waals surface area contributed by atoms with Crippen LogP contribution in [0.2, 0.25) is 0 Å². The summed E-state index contributed by atoms with van der Waals surface area (Å²) in [4.78, 5) is 18.0. The van der Waals surface area contributed by atoms with Crippen molar-refractivity contribution in [1.82, 2.24) is 14.9 Å². The van der Waals surface area contributed by atoms with Crippen molar-refractivity contribution < 1.29 is 4.74 Å². The Morgan fingerprint density at radius 2 is 1.84 bits per heavy atom. The molecular weight excluding hydrogens is 314 g/mol. The Morgan fingerprint density at radius 3 is 2.56 bits per heavy atom. The zero-order chi connectivity index (χ0) is 17.6. The van der Waals surface area contributed by atoms with Gasteiger partial charge in [0.05, 0.1) is 29.2 Å². The molecule has 0 saturated carbocycles. The van der Waals surface area contributed by atoms with Crippen LogP contribution < -0.4 is 10.9 Å². The first-order chi connectivity index (χ1) is 12.3. The van der Waals surface area contributed by atoms with Crippen LogP contribution in [0, 0.1) is 0 Å². The Hall–Kier alpha value is -2.50. The molecule has 0 aliphatic rings. The van der Waals surface area contributed by atoms with Crippen LogP contribution in [-0.4, -0.2) is 29.8 Å². The van der Waals surface area contributed by atoms with Crippen LogP contribution in [0.25, 0.3) is 16.6 Å². The molecule has 0 bridgehead atoms. The number of aromatic nitrogens is 2. The summed E-state index contributed by atoms with van der Waals surface area (Å²) in [6.07, 6.45) is 0.821. The van der Waals surface area contributed by atoms with Gasteiger partial charge >= 0.3 is 0 Å². The molecule has 2 aromatic carbocycles. The number of benzene rings is 2. The molecule has 5 nitrogen and oxygen atoms in total. The lowest BCUT2D eigenvalue weighted by molar-refractivity contribution is 0.194. The minimum atomic E-state index is -0.0428. The highest BCUT2D eigenvalue weighted by molar-refractivity contribution is 5.77. The summed E-state index contributed by atoms with van der Waals surface area (Å²) in [7, 11) is 1.68. The number of nitrogens with zero attached hydrogens (tertiary/aromatic N) is 2. The van der Waals surface area contributed by atoms with Gasteiger partial charge in [0.15, 0.2) is 0 Å². The van der Waals surface area contributed by atoms with Crippen molar-refractivity contribution in [2.45, 2.75) is 19.4 Å². The van der Waals surface area contributed by atoms with Gasteiger partial charge in [-0.3, -0.25) is 9.36 Å². The van der Waals surface area contributed by atoms with Crippen molar-refractivity contribution in [3.8, 4) is 5.69 Å². The molecular formula is C20H23N3O2. The average molecular weight is 337 g/mol. The third-order valence-corrected chi connectivity index (χ3v) is 4.23. The number of methoxy groups -OCH3 is 1. The number of nitrogens with one attached hydrogen (secondary N) is 1. The summed E-state index contributed by atoms with van der Waals surface area (Å²) in [6.45, 7) is 3.40. The summed E-state index contributed by atoms with van der Waals surface area (Å²) in [5, 5.41) is 4.07. The number of fused-ring (bicyclic) bond motifs is 1. The van der Waals surface area contributed by atoms with E-state index in [4.69, 9.17) is 9.72 Å². The molecule has 1 N–H and O–H groups in total. The second-order valence-electron chi connectivity index (χ2n) is 5.87. The normalized spacial score (nSPS) is 12.4. The minimum absolute atomic E-state index is 0.0346. The van der Waals surface area contributed by atoms with Crippen LogP contribution in [0.1, 0.15) is 25.2 Å². The molecule has 3 rings (SSSR count). The van der Waals surface area contributed by atoms with Crippen molar-refractivity contribution in [3.63, 3.8) is 0 Å². The van der Waals surface area contributed by atoms with E-state index in [-0.39, 0.29) is 11.6 Å². The Morgan fingerprint density at radius 1 is 1.12 bits per heavy atom. The predicted octanol–water partition coefficient (Wildman–Crippen LogP) is 3.07. The Kier molecular flexibility index (Phi) is 5.58. The fraction of sp³-hybridized carbons (Fsp3) is 0.300. The molecule has 0 radical (unpaired) electrons. The van der Waals surface area contributed by atoms with Crippen molar-refractivity contribution in [2.24, 2.45) is 0 Å². The van der Waals surface area contributed by atoms with Gasteiger partial charge in [0.25, 0.3) is 5.56 Å². The second-order valence-corrected chi connectivity index (χ2v) is 5.87. The highest BCUT2D eigenvalue weighted by Crippen LogP contribution is 2.20. The molecule has 1 heterocycles. The fourth-order valence-electron chi connectivity index (χ4n) is 2.96. The zero-order valence-corrected chi connectivity index (χ0v) is 14.6. The standard InChI is InChI=1S/C20H23N3O2/c1-3-17(21-13-14-25-2)19-22-18-12-8-7-11-16(18)20(24)23(19)15-9-5-4-6-10-15/h4-12,17,21H,3,13-14H2,1-2H3/t17-/m0/s1. The third-order valence-electron chi connectivity index (χ3n) is 4.23. The van der Waals surface area contributed by atoms with E-state index in [1.54, 1.807) is 11.7 Å². The maximum Gasteiger partial charge on any atom is 0.266 e. The lowest BCUT2D eigenvalue weighted by Crippen LogP contribution is -2.32. The van der Waals surface area contributed by atoms with Gasteiger partial charge in [0, 0.05) is 13.7 Å². The summed E-state index contributed by atoms with van der Waals surface area (Å²) >= 11 is 0. The first-order valence-electron chi connectivity index (χ1n) is 8.55. The molecule has 0 aliphatic carbocycles. The Labute approximate surface area is 147 Å². The molecule has 130 valence electrons. The Bertz CT molecular complexity index is 890. The number of hydrogen-bond acceptors (Lipinski definition) is 4. The Balaban J connectivity index is 2.19. The molecule has 0 spiro atoms. The minimum Gasteiger partial charge on any atom is -0.383 e. The first-order valence-corrected chi connectivity index (χ1v) is 8.55. The lowest BCUT2D eigenvalue weighted by atomic mass is 10.1. The van der Waals surface area contributed by atoms with E-state index in [0.717, 1.165) is 23.4 Å². The van der Waals surface area contributed by atoms with E-state index in [0.29, 0.717) is 18.5 Å². The van der Waals surface area contributed by atoms with Crippen molar-refractivity contribution >= 4 is 10.9 Å². The quantitative estimate of drug-likeness (QED) is 0.673. The van der Waals surface area contributed by atoms with E-state index in [1.165, 1.54) is 0 Å². The summed E-state index contributed by atoms with van der Waals surface area (Å²) in [5.41, 5.74) is 1.51. The third kappa shape index (κ3) is 3.62. The largest absolute Gasteiger partial charge is 0.383 e. The lowest BCUT2D eigenvalue weighted by Gasteiger charge is -2.21. The number of ether oxygens (including phenoxy) is 1. The number of para-hydroxylation sites is 2. The van der Waals surface area contributed by atoms with E-state index < -0.39 is 0 Å². The summed E-state index contributed by atoms with van der Waals surface area (Å²) in [6, 6.07) is 17.1. The smallest absolute Gasteiger partial charge is 0.266 e. The molecule has 3 aromatic rings. The topological polar surface area (TPSA) is 56.1 Å². The van der Waals surface area contributed by atoms with Gasteiger partial charge in [0.1, 0.15) is 5.82 Å². The van der Waals surface area contributed by atoms with Crippen LogP contribution in [0.5, 0.6) is 0 Å². The van der Waals surface area contributed by atoms with Gasteiger partial charge in [0.2, 0.25) is 0 Å². The van der Waals surface area contributed by atoms with Crippen LogP contribution in [0.3, 0.4) is 0 Å². The maximum absolute atomic E-state index is 13.2. The fourth-order valence-corrected chi connectivity index (χ4v) is 2.96. The monoisotopic (exact) mass is 337 g/mol. The number of hydrogen-bond donors (Lipinski definition) is 1. The average Bonchev–Trinajstić information content (AvgIpc) is 2.66. The van der Waals surface area contributed by atoms with E-state index in [1.807, 2.05) is 54.6 Å². The highest BCUT2D eigenvalue weighted by Gasteiger charge is 2.19. The van der Waals surface area contributed by atoms with Crippen molar-refractivity contribution in [2.75, 3.05) is 20.3 Å². The van der Waals surface area contributed by atoms with E-state index >= 15 is 0 Å². The predicted molar refractivity (Wildman–Crippen MR) is 100 cm³/mol. The van der Waals surface area contributed by atoms with Gasteiger partial charge in [-0.25, -0.2) is 4.98 Å². The molecule has 1 atom stereocenters. The van der Waals surface area contributed by atoms with Gasteiger partial charge < -0.3 is 10.1 Å². The molecule has 1 aromatic heterocycles. The molecule has 0 amide bonds. The molecule has 5 heteroatoms. The van der Waals surface area contributed by atoms with Crippen LogP contribution in [0.4, 0.5) is 0 Å². The number of rotatable bonds is 7. The SMILES string of the molecule is CC[C@H](NCCOC)c1nc2ccccc2c(=O)n1-c1ccccc1. The molecule has 25 heavy (non-hydrogen) atoms. The van der Waals surface area contributed by atoms with Crippen LogP contribution in [-0.2, 0) is 4.74 Å². The van der Waals surface area contributed by atoms with Gasteiger partial charge in [-0.05, 0) is 30.7 Å². The zero-order valence-electron chi connectivity index (χ0n) is 14.6. The van der Waals surface area contributed by atoms with Crippen molar-refractivity contribution in [3.05, 3.63) is 70.8 Å². The molecule has 0 aliphatic heterocycles. The molecule has 0 fully saturated rings. The van der Waals surface area contributed by atoms with Gasteiger partial charge in [-0.2, -0.15) is 0 Å². The molecule has 0 unspecified atom stereocenters. The van der Waals surface area contributed by atoms with Gasteiger partial charge in [-0.15, -0.1) is 0 Å².